The summed E-state index contributed by atoms with van der Waals surface area (Å²) in [7, 11) is 0. The van der Waals surface area contributed by atoms with Crippen molar-refractivity contribution in [2.45, 2.75) is 25.8 Å². The summed E-state index contributed by atoms with van der Waals surface area (Å²) in [6, 6.07) is 10.6. The van der Waals surface area contributed by atoms with Crippen molar-refractivity contribution in [1.82, 2.24) is 5.32 Å². The zero-order chi connectivity index (χ0) is 16.1. The Balaban J connectivity index is 2.48. The maximum Gasteiger partial charge on any atom is 0.327 e. The number of carbonyl (C=O) groups excluding carboxylic acids is 1. The Morgan fingerprint density at radius 3 is 2.59 bits per heavy atom. The van der Waals surface area contributed by atoms with Gasteiger partial charge < -0.3 is 10.4 Å². The third-order valence-corrected chi connectivity index (χ3v) is 3.91. The number of carbonyl (C=O) groups is 2. The van der Waals surface area contributed by atoms with E-state index < -0.39 is 12.0 Å². The molecule has 0 spiro atoms. The molecule has 5 heteroatoms. The Morgan fingerprint density at radius 1 is 1.23 bits per heavy atom. The van der Waals surface area contributed by atoms with Gasteiger partial charge in [-0.1, -0.05) is 49.7 Å². The minimum absolute atomic E-state index is 0.0505. The van der Waals surface area contributed by atoms with Crippen LogP contribution in [-0.2, 0) is 11.2 Å². The predicted molar refractivity (Wildman–Crippen MR) is 90.7 cm³/mol. The van der Waals surface area contributed by atoms with Crippen LogP contribution < -0.4 is 5.32 Å². The zero-order valence-electron chi connectivity index (χ0n) is 12.4. The summed E-state index contributed by atoms with van der Waals surface area (Å²) in [6.45, 7) is 2.05. The van der Waals surface area contributed by atoms with Gasteiger partial charge in [0.15, 0.2) is 0 Å². The van der Waals surface area contributed by atoms with Gasteiger partial charge in [-0.15, -0.1) is 0 Å². The van der Waals surface area contributed by atoms with Gasteiger partial charge in [-0.05, 0) is 22.8 Å². The minimum Gasteiger partial charge on any atom is -0.480 e. The van der Waals surface area contributed by atoms with Crippen molar-refractivity contribution in [1.29, 1.82) is 0 Å². The monoisotopic (exact) mass is 317 g/mol. The van der Waals surface area contributed by atoms with Gasteiger partial charge in [-0.2, -0.15) is 12.6 Å². The van der Waals surface area contributed by atoms with Crippen LogP contribution in [0.2, 0.25) is 0 Å². The van der Waals surface area contributed by atoms with E-state index >= 15 is 0 Å². The SMILES string of the molecule is CCCc1ccc2ccccc2c1C(=O)N[C@@H](CS)C(=O)O. The van der Waals surface area contributed by atoms with E-state index in [1.807, 2.05) is 43.3 Å². The smallest absolute Gasteiger partial charge is 0.327 e. The first-order valence-corrected chi connectivity index (χ1v) is 7.86. The highest BCUT2D eigenvalue weighted by molar-refractivity contribution is 7.80. The molecule has 0 fully saturated rings. The van der Waals surface area contributed by atoms with E-state index in [1.165, 1.54) is 0 Å². The highest BCUT2D eigenvalue weighted by Gasteiger charge is 2.22. The molecule has 1 amide bonds. The predicted octanol–water partition coefficient (Wildman–Crippen LogP) is 2.91. The molecule has 4 nitrogen and oxygen atoms in total. The Bertz CT molecular complexity index is 699. The number of carboxylic acids is 1. The van der Waals surface area contributed by atoms with Crippen molar-refractivity contribution in [3.8, 4) is 0 Å². The number of rotatable bonds is 6. The van der Waals surface area contributed by atoms with Crippen molar-refractivity contribution in [3.05, 3.63) is 47.5 Å². The lowest BCUT2D eigenvalue weighted by Crippen LogP contribution is -2.42. The number of aliphatic carboxylic acids is 1. The molecule has 0 bridgehead atoms. The first kappa shape index (κ1) is 16.4. The van der Waals surface area contributed by atoms with Crippen molar-refractivity contribution < 1.29 is 14.7 Å². The molecule has 116 valence electrons. The van der Waals surface area contributed by atoms with Gasteiger partial charge in [0.1, 0.15) is 6.04 Å². The van der Waals surface area contributed by atoms with Crippen LogP contribution in [0.25, 0.3) is 10.8 Å². The lowest BCUT2D eigenvalue weighted by atomic mass is 9.95. The maximum absolute atomic E-state index is 12.6. The van der Waals surface area contributed by atoms with Gasteiger partial charge in [0.25, 0.3) is 5.91 Å². The third kappa shape index (κ3) is 3.42. The van der Waals surface area contributed by atoms with Crippen molar-refractivity contribution in [2.75, 3.05) is 5.75 Å². The Labute approximate surface area is 134 Å². The van der Waals surface area contributed by atoms with Gasteiger partial charge in [0.2, 0.25) is 0 Å². The molecule has 0 unspecified atom stereocenters. The van der Waals surface area contributed by atoms with E-state index in [0.29, 0.717) is 5.56 Å². The van der Waals surface area contributed by atoms with Crippen LogP contribution in [0.15, 0.2) is 36.4 Å². The molecule has 0 radical (unpaired) electrons. The lowest BCUT2D eigenvalue weighted by molar-refractivity contribution is -0.138. The van der Waals surface area contributed by atoms with E-state index in [-0.39, 0.29) is 11.7 Å². The molecular weight excluding hydrogens is 298 g/mol. The van der Waals surface area contributed by atoms with Gasteiger partial charge in [0.05, 0.1) is 5.56 Å². The van der Waals surface area contributed by atoms with Crippen LogP contribution in [-0.4, -0.2) is 28.8 Å². The van der Waals surface area contributed by atoms with Crippen molar-refractivity contribution in [3.63, 3.8) is 0 Å². The first-order chi connectivity index (χ1) is 10.6. The second-order valence-electron chi connectivity index (χ2n) is 5.12. The highest BCUT2D eigenvalue weighted by Crippen LogP contribution is 2.24. The van der Waals surface area contributed by atoms with Crippen LogP contribution in [0.1, 0.15) is 29.3 Å². The molecule has 2 aromatic carbocycles. The number of amides is 1. The molecule has 2 rings (SSSR count). The number of nitrogens with one attached hydrogen (secondary N) is 1. The normalized spacial score (nSPS) is 12.1. The first-order valence-electron chi connectivity index (χ1n) is 7.23. The van der Waals surface area contributed by atoms with E-state index in [9.17, 15) is 9.59 Å². The molecule has 0 aliphatic rings. The van der Waals surface area contributed by atoms with Crippen LogP contribution in [0.3, 0.4) is 0 Å². The van der Waals surface area contributed by atoms with Crippen molar-refractivity contribution >= 4 is 35.3 Å². The van der Waals surface area contributed by atoms with Crippen molar-refractivity contribution in [2.24, 2.45) is 0 Å². The largest absolute Gasteiger partial charge is 0.480 e. The molecule has 0 saturated carbocycles. The second kappa shape index (κ2) is 7.31. The average molecular weight is 317 g/mol. The summed E-state index contributed by atoms with van der Waals surface area (Å²) < 4.78 is 0. The van der Waals surface area contributed by atoms with Crippen LogP contribution in [0.4, 0.5) is 0 Å². The van der Waals surface area contributed by atoms with Crippen LogP contribution in [0.5, 0.6) is 0 Å². The number of thiol groups is 1. The average Bonchev–Trinajstić information content (AvgIpc) is 2.52. The highest BCUT2D eigenvalue weighted by atomic mass is 32.1. The lowest BCUT2D eigenvalue weighted by Gasteiger charge is -2.16. The molecule has 1 atom stereocenters. The fraction of sp³-hybridized carbons (Fsp3) is 0.294. The number of carboxylic acid groups (broad SMARTS) is 1. The minimum atomic E-state index is -1.08. The Kier molecular flexibility index (Phi) is 5.44. The molecule has 0 heterocycles. The fourth-order valence-electron chi connectivity index (χ4n) is 2.48. The Hall–Kier alpha value is -2.01. The van der Waals surface area contributed by atoms with Gasteiger partial charge in [-0.25, -0.2) is 4.79 Å². The molecule has 0 saturated heterocycles. The van der Waals surface area contributed by atoms with Gasteiger partial charge in [0, 0.05) is 5.75 Å². The summed E-state index contributed by atoms with van der Waals surface area (Å²) in [5.74, 6) is -1.39. The van der Waals surface area contributed by atoms with E-state index in [0.717, 1.165) is 29.2 Å². The maximum atomic E-state index is 12.6. The molecule has 22 heavy (non-hydrogen) atoms. The molecule has 2 aromatic rings. The van der Waals surface area contributed by atoms with E-state index in [1.54, 1.807) is 0 Å². The molecule has 0 aliphatic carbocycles. The molecule has 2 N–H and O–H groups in total. The fourth-order valence-corrected chi connectivity index (χ4v) is 2.73. The number of fused-ring (bicyclic) bond motifs is 1. The second-order valence-corrected chi connectivity index (χ2v) is 5.48. The number of hydrogen-bond acceptors (Lipinski definition) is 3. The summed E-state index contributed by atoms with van der Waals surface area (Å²) in [5, 5.41) is 13.5. The summed E-state index contributed by atoms with van der Waals surface area (Å²) >= 11 is 3.99. The number of aryl methyl sites for hydroxylation is 1. The van der Waals surface area contributed by atoms with Crippen LogP contribution >= 0.6 is 12.6 Å². The topological polar surface area (TPSA) is 66.4 Å². The Morgan fingerprint density at radius 2 is 1.95 bits per heavy atom. The summed E-state index contributed by atoms with van der Waals surface area (Å²) in [4.78, 5) is 23.7. The third-order valence-electron chi connectivity index (χ3n) is 3.55. The zero-order valence-corrected chi connectivity index (χ0v) is 13.3. The van der Waals surface area contributed by atoms with E-state index in [4.69, 9.17) is 5.11 Å². The van der Waals surface area contributed by atoms with Crippen LogP contribution in [0, 0.1) is 0 Å². The molecule has 0 aliphatic heterocycles. The van der Waals surface area contributed by atoms with E-state index in [2.05, 4.69) is 17.9 Å². The van der Waals surface area contributed by atoms with Gasteiger partial charge in [-0.3, -0.25) is 4.79 Å². The van der Waals surface area contributed by atoms with Gasteiger partial charge >= 0.3 is 5.97 Å². The number of hydrogen-bond donors (Lipinski definition) is 3. The quantitative estimate of drug-likeness (QED) is 0.718. The summed E-state index contributed by atoms with van der Waals surface area (Å²) in [5.41, 5.74) is 1.50. The summed E-state index contributed by atoms with van der Waals surface area (Å²) in [6.07, 6.45) is 1.68. The molecular formula is C17H19NO3S. The molecule has 0 aromatic heterocycles. The standard InChI is InChI=1S/C17H19NO3S/c1-2-5-12-9-8-11-6-3-4-7-13(11)15(12)16(19)18-14(10-22)17(20)21/h3-4,6-9,14,22H,2,5,10H2,1H3,(H,18,19)(H,20,21)/t14-/m0/s1. The number of benzene rings is 2.